The molecular weight excluding hydrogens is 332 g/mol. The highest BCUT2D eigenvalue weighted by atomic mass is 35.5. The molecule has 1 atom stereocenters. The Hall–Kier alpha value is -2.06. The van der Waals surface area contributed by atoms with E-state index < -0.39 is 28.7 Å². The van der Waals surface area contributed by atoms with Crippen molar-refractivity contribution in [2.45, 2.75) is 13.0 Å². The fourth-order valence-corrected chi connectivity index (χ4v) is 2.45. The van der Waals surface area contributed by atoms with E-state index in [1.807, 2.05) is 0 Å². The maximum absolute atomic E-state index is 14.0. The number of amides is 1. The average Bonchev–Trinajstić information content (AvgIpc) is 2.99. The average molecular weight is 344 g/mol. The van der Waals surface area contributed by atoms with Crippen molar-refractivity contribution in [3.63, 3.8) is 0 Å². The van der Waals surface area contributed by atoms with Crippen LogP contribution in [0.15, 0.2) is 16.5 Å². The summed E-state index contributed by atoms with van der Waals surface area (Å²) in [5.41, 5.74) is -0.293. The van der Waals surface area contributed by atoms with E-state index in [9.17, 15) is 13.6 Å². The van der Waals surface area contributed by atoms with Crippen LogP contribution in [0.1, 0.15) is 28.2 Å². The molecule has 9 heteroatoms. The van der Waals surface area contributed by atoms with E-state index in [0.717, 1.165) is 12.1 Å². The summed E-state index contributed by atoms with van der Waals surface area (Å²) in [5.74, 6) is -1.97. The van der Waals surface area contributed by atoms with Crippen molar-refractivity contribution in [1.82, 2.24) is 15.1 Å². The summed E-state index contributed by atoms with van der Waals surface area (Å²) in [6.07, 6.45) is -0.590. The SMILES string of the molecule is Cc1nnc([C@H]2CN(C(=O)c3ccc(F)c(Cl)c3F)CCO2)o1. The molecular formula is C14H12ClF2N3O3. The summed E-state index contributed by atoms with van der Waals surface area (Å²) in [7, 11) is 0. The Labute approximate surface area is 135 Å². The molecule has 0 bridgehead atoms. The number of nitrogens with zero attached hydrogens (tertiary/aromatic N) is 3. The first-order valence-electron chi connectivity index (χ1n) is 6.81. The van der Waals surface area contributed by atoms with Gasteiger partial charge < -0.3 is 14.1 Å². The smallest absolute Gasteiger partial charge is 0.257 e. The van der Waals surface area contributed by atoms with Crippen LogP contribution in [0.5, 0.6) is 0 Å². The first-order chi connectivity index (χ1) is 11.0. The lowest BCUT2D eigenvalue weighted by Gasteiger charge is -2.31. The van der Waals surface area contributed by atoms with Crippen LogP contribution in [0, 0.1) is 18.6 Å². The molecule has 0 saturated carbocycles. The van der Waals surface area contributed by atoms with E-state index in [0.29, 0.717) is 5.89 Å². The lowest BCUT2D eigenvalue weighted by molar-refractivity contribution is -0.0350. The van der Waals surface area contributed by atoms with Gasteiger partial charge in [-0.2, -0.15) is 0 Å². The van der Waals surface area contributed by atoms with Crippen molar-refractivity contribution in [2.24, 2.45) is 0 Å². The molecule has 0 radical (unpaired) electrons. The van der Waals surface area contributed by atoms with Crippen molar-refractivity contribution in [3.05, 3.63) is 46.1 Å². The number of carbonyl (C=O) groups is 1. The Morgan fingerprint density at radius 1 is 1.39 bits per heavy atom. The molecule has 0 N–H and O–H groups in total. The quantitative estimate of drug-likeness (QED) is 0.784. The minimum atomic E-state index is -1.08. The Bertz CT molecular complexity index is 753. The van der Waals surface area contributed by atoms with E-state index in [4.69, 9.17) is 20.8 Å². The molecule has 1 aliphatic rings. The van der Waals surface area contributed by atoms with Gasteiger partial charge in [-0.25, -0.2) is 8.78 Å². The molecule has 6 nitrogen and oxygen atoms in total. The van der Waals surface area contributed by atoms with E-state index in [1.165, 1.54) is 4.90 Å². The van der Waals surface area contributed by atoms with Crippen LogP contribution in [0.2, 0.25) is 5.02 Å². The summed E-state index contributed by atoms with van der Waals surface area (Å²) in [4.78, 5) is 13.8. The standard InChI is InChI=1S/C14H12ClF2N3O3/c1-7-18-19-13(23-7)10-6-20(4-5-22-10)14(21)8-2-3-9(16)11(15)12(8)17/h2-3,10H,4-6H2,1H3/t10-/m1/s1. The van der Waals surface area contributed by atoms with E-state index >= 15 is 0 Å². The number of ether oxygens (including phenoxy) is 1. The second-order valence-electron chi connectivity index (χ2n) is 4.99. The Kier molecular flexibility index (Phi) is 4.27. The topological polar surface area (TPSA) is 68.5 Å². The molecule has 1 aromatic heterocycles. The molecule has 2 aromatic rings. The highest BCUT2D eigenvalue weighted by molar-refractivity contribution is 6.31. The largest absolute Gasteiger partial charge is 0.423 e. The first kappa shape index (κ1) is 15.8. The molecule has 0 spiro atoms. The molecule has 3 rings (SSSR count). The predicted molar refractivity (Wildman–Crippen MR) is 75.0 cm³/mol. The molecule has 0 unspecified atom stereocenters. The van der Waals surface area contributed by atoms with Crippen LogP contribution in [0.3, 0.4) is 0 Å². The van der Waals surface area contributed by atoms with E-state index in [1.54, 1.807) is 6.92 Å². The molecule has 2 heterocycles. The summed E-state index contributed by atoms with van der Waals surface area (Å²) in [6, 6.07) is 2.03. The number of halogens is 3. The van der Waals surface area contributed by atoms with E-state index in [2.05, 4.69) is 10.2 Å². The monoisotopic (exact) mass is 343 g/mol. The molecule has 1 aromatic carbocycles. The van der Waals surface area contributed by atoms with Gasteiger partial charge in [-0.3, -0.25) is 4.79 Å². The Balaban J connectivity index is 1.81. The second kappa shape index (κ2) is 6.21. The minimum Gasteiger partial charge on any atom is -0.423 e. The minimum absolute atomic E-state index is 0.120. The number of hydrogen-bond donors (Lipinski definition) is 0. The second-order valence-corrected chi connectivity index (χ2v) is 5.37. The fraction of sp³-hybridized carbons (Fsp3) is 0.357. The third-order valence-electron chi connectivity index (χ3n) is 3.44. The van der Waals surface area contributed by atoms with Gasteiger partial charge in [0.1, 0.15) is 10.8 Å². The highest BCUT2D eigenvalue weighted by Crippen LogP contribution is 2.26. The van der Waals surface area contributed by atoms with Crippen molar-refractivity contribution in [2.75, 3.05) is 19.7 Å². The summed E-state index contributed by atoms with van der Waals surface area (Å²) in [5, 5.41) is 6.86. The van der Waals surface area contributed by atoms with E-state index in [-0.39, 0.29) is 31.2 Å². The maximum Gasteiger partial charge on any atom is 0.257 e. The number of benzene rings is 1. The number of carbonyl (C=O) groups excluding carboxylic acids is 1. The predicted octanol–water partition coefficient (Wildman–Crippen LogP) is 2.52. The Morgan fingerprint density at radius 3 is 2.87 bits per heavy atom. The molecule has 1 saturated heterocycles. The highest BCUT2D eigenvalue weighted by Gasteiger charge is 2.31. The number of rotatable bonds is 2. The maximum atomic E-state index is 14.0. The molecule has 23 heavy (non-hydrogen) atoms. The normalized spacial score (nSPS) is 18.3. The van der Waals surface area contributed by atoms with Crippen LogP contribution in [-0.2, 0) is 4.74 Å². The molecule has 1 amide bonds. The van der Waals surface area contributed by atoms with Gasteiger partial charge in [0, 0.05) is 13.5 Å². The van der Waals surface area contributed by atoms with Crippen LogP contribution in [0.4, 0.5) is 8.78 Å². The van der Waals surface area contributed by atoms with Gasteiger partial charge in [0.15, 0.2) is 11.9 Å². The number of hydrogen-bond acceptors (Lipinski definition) is 5. The van der Waals surface area contributed by atoms with Gasteiger partial charge in [0.25, 0.3) is 5.91 Å². The van der Waals surface area contributed by atoms with Gasteiger partial charge >= 0.3 is 0 Å². The molecule has 0 aliphatic carbocycles. The summed E-state index contributed by atoms with van der Waals surface area (Å²) < 4.78 is 38.0. The van der Waals surface area contributed by atoms with Crippen molar-refractivity contribution >= 4 is 17.5 Å². The number of aryl methyl sites for hydroxylation is 1. The fourth-order valence-electron chi connectivity index (χ4n) is 2.29. The van der Waals surface area contributed by atoms with Gasteiger partial charge in [-0.15, -0.1) is 10.2 Å². The molecule has 1 fully saturated rings. The molecule has 122 valence electrons. The van der Waals surface area contributed by atoms with Crippen molar-refractivity contribution < 1.29 is 22.7 Å². The first-order valence-corrected chi connectivity index (χ1v) is 7.19. The number of aromatic nitrogens is 2. The molecule has 1 aliphatic heterocycles. The third-order valence-corrected chi connectivity index (χ3v) is 3.78. The van der Waals surface area contributed by atoms with Gasteiger partial charge in [0.2, 0.25) is 11.8 Å². The lowest BCUT2D eigenvalue weighted by Crippen LogP contribution is -2.42. The van der Waals surface area contributed by atoms with Crippen LogP contribution >= 0.6 is 11.6 Å². The zero-order valence-corrected chi connectivity index (χ0v) is 12.8. The summed E-state index contributed by atoms with van der Waals surface area (Å²) in [6.45, 7) is 2.25. The third kappa shape index (κ3) is 3.04. The van der Waals surface area contributed by atoms with Crippen LogP contribution in [0.25, 0.3) is 0 Å². The van der Waals surface area contributed by atoms with Crippen LogP contribution in [-0.4, -0.2) is 40.7 Å². The zero-order valence-electron chi connectivity index (χ0n) is 12.1. The lowest BCUT2D eigenvalue weighted by atomic mass is 10.1. The Morgan fingerprint density at radius 2 is 2.17 bits per heavy atom. The number of morpholine rings is 1. The van der Waals surface area contributed by atoms with Crippen molar-refractivity contribution in [1.29, 1.82) is 0 Å². The van der Waals surface area contributed by atoms with Crippen LogP contribution < -0.4 is 0 Å². The van der Waals surface area contributed by atoms with Gasteiger partial charge in [-0.05, 0) is 12.1 Å². The van der Waals surface area contributed by atoms with Gasteiger partial charge in [0.05, 0.1) is 18.7 Å². The zero-order chi connectivity index (χ0) is 16.6. The van der Waals surface area contributed by atoms with Gasteiger partial charge in [-0.1, -0.05) is 11.6 Å². The van der Waals surface area contributed by atoms with Crippen molar-refractivity contribution in [3.8, 4) is 0 Å². The summed E-state index contributed by atoms with van der Waals surface area (Å²) >= 11 is 5.51.